The predicted molar refractivity (Wildman–Crippen MR) is 62.2 cm³/mol. The molecular weight excluding hydrogens is 230 g/mol. The number of carbonyl (C=O) groups excluding carboxylic acids is 2. The zero-order valence-electron chi connectivity index (χ0n) is 9.02. The van der Waals surface area contributed by atoms with Gasteiger partial charge in [-0.2, -0.15) is 0 Å². The van der Waals surface area contributed by atoms with Crippen LogP contribution in [0.2, 0.25) is 0 Å². The van der Waals surface area contributed by atoms with Gasteiger partial charge < -0.3 is 15.7 Å². The first kappa shape index (κ1) is 13.0. The Morgan fingerprint density at radius 2 is 2.50 bits per heavy atom. The average Bonchev–Trinajstić information content (AvgIpc) is 2.22. The summed E-state index contributed by atoms with van der Waals surface area (Å²) in [6.45, 7) is 2.02. The van der Waals surface area contributed by atoms with Crippen molar-refractivity contribution in [3.8, 4) is 0 Å². The molecule has 0 aromatic heterocycles. The van der Waals surface area contributed by atoms with Gasteiger partial charge in [-0.15, -0.1) is 0 Å². The van der Waals surface area contributed by atoms with Crippen LogP contribution in [0.15, 0.2) is 4.99 Å². The maximum Gasteiger partial charge on any atom is 0.230 e. The Labute approximate surface area is 97.9 Å². The molecule has 0 saturated carbocycles. The number of hydrogen-bond acceptors (Lipinski definition) is 5. The summed E-state index contributed by atoms with van der Waals surface area (Å²) in [5.74, 6) is -0.0683. The highest BCUT2D eigenvalue weighted by atomic mass is 32.2. The second kappa shape index (κ2) is 6.49. The third-order valence-corrected chi connectivity index (χ3v) is 2.73. The van der Waals surface area contributed by atoms with Crippen LogP contribution >= 0.6 is 11.8 Å². The predicted octanol–water partition coefficient (Wildman–Crippen LogP) is -0.907. The van der Waals surface area contributed by atoms with Crippen LogP contribution in [-0.2, 0) is 9.59 Å². The number of carbonyl (C=O) groups is 2. The van der Waals surface area contributed by atoms with E-state index in [9.17, 15) is 9.59 Å². The first-order chi connectivity index (χ1) is 7.61. The van der Waals surface area contributed by atoms with Crippen LogP contribution in [0.1, 0.15) is 13.3 Å². The Hall–Kier alpha value is -1.08. The lowest BCUT2D eigenvalue weighted by molar-refractivity contribution is -0.120. The highest BCUT2D eigenvalue weighted by molar-refractivity contribution is 8.14. The van der Waals surface area contributed by atoms with Crippen molar-refractivity contribution in [3.05, 3.63) is 0 Å². The molecule has 90 valence electrons. The van der Waals surface area contributed by atoms with Crippen molar-refractivity contribution < 1.29 is 14.7 Å². The first-order valence-corrected chi connectivity index (χ1v) is 5.98. The minimum absolute atomic E-state index is 0.0308. The molecule has 0 aromatic rings. The third kappa shape index (κ3) is 4.63. The van der Waals surface area contributed by atoms with Crippen molar-refractivity contribution in [2.24, 2.45) is 4.99 Å². The first-order valence-electron chi connectivity index (χ1n) is 5.00. The van der Waals surface area contributed by atoms with E-state index in [-0.39, 0.29) is 36.8 Å². The van der Waals surface area contributed by atoms with E-state index in [0.717, 1.165) is 0 Å². The fourth-order valence-corrected chi connectivity index (χ4v) is 1.98. The number of aliphatic hydroxyl groups is 1. The standard InChI is InChI=1S/C9H15N3O3S/c1-6-4-7(14)12-9(11-6)16-5-8(15)10-2-3-13/h6,13H,2-5H2,1H3,(H,10,15)(H,11,12,14)/t6-/m0/s1. The molecule has 1 aliphatic rings. The minimum atomic E-state index is -0.186. The molecule has 0 saturated heterocycles. The van der Waals surface area contributed by atoms with E-state index in [2.05, 4.69) is 15.6 Å². The van der Waals surface area contributed by atoms with Crippen LogP contribution in [0.5, 0.6) is 0 Å². The number of amides is 2. The van der Waals surface area contributed by atoms with Crippen LogP contribution in [-0.4, -0.2) is 47.0 Å². The van der Waals surface area contributed by atoms with Crippen LogP contribution in [0, 0.1) is 0 Å². The second-order valence-electron chi connectivity index (χ2n) is 3.40. The molecule has 6 nitrogen and oxygen atoms in total. The fourth-order valence-electron chi connectivity index (χ4n) is 1.17. The summed E-state index contributed by atoms with van der Waals surface area (Å²) in [4.78, 5) is 26.6. The molecule has 0 unspecified atom stereocenters. The topological polar surface area (TPSA) is 90.8 Å². The molecule has 0 fully saturated rings. The summed E-state index contributed by atoms with van der Waals surface area (Å²) < 4.78 is 0. The summed E-state index contributed by atoms with van der Waals surface area (Å²) >= 11 is 1.19. The van der Waals surface area contributed by atoms with E-state index >= 15 is 0 Å². The number of hydrogen-bond donors (Lipinski definition) is 3. The van der Waals surface area contributed by atoms with E-state index < -0.39 is 0 Å². The van der Waals surface area contributed by atoms with Crippen LogP contribution in [0.3, 0.4) is 0 Å². The zero-order chi connectivity index (χ0) is 12.0. The molecule has 16 heavy (non-hydrogen) atoms. The molecule has 0 aromatic carbocycles. The average molecular weight is 245 g/mol. The van der Waals surface area contributed by atoms with Gasteiger partial charge in [0, 0.05) is 13.0 Å². The van der Waals surface area contributed by atoms with Gasteiger partial charge in [0.1, 0.15) is 0 Å². The fraction of sp³-hybridized carbons (Fsp3) is 0.667. The SMILES string of the molecule is C[C@H]1CC(=O)NC(SCC(=O)NCCO)=N1. The molecule has 1 aliphatic heterocycles. The lowest BCUT2D eigenvalue weighted by atomic mass is 10.2. The summed E-state index contributed by atoms with van der Waals surface area (Å²) in [7, 11) is 0. The molecular formula is C9H15N3O3S. The number of amidine groups is 1. The number of thioether (sulfide) groups is 1. The highest BCUT2D eigenvalue weighted by Crippen LogP contribution is 2.10. The number of nitrogens with zero attached hydrogens (tertiary/aromatic N) is 1. The Morgan fingerprint density at radius 3 is 3.12 bits per heavy atom. The second-order valence-corrected chi connectivity index (χ2v) is 4.36. The molecule has 1 heterocycles. The molecule has 0 spiro atoms. The van der Waals surface area contributed by atoms with Gasteiger partial charge in [0.2, 0.25) is 11.8 Å². The Morgan fingerprint density at radius 1 is 1.75 bits per heavy atom. The number of rotatable bonds is 4. The molecule has 0 radical (unpaired) electrons. The minimum Gasteiger partial charge on any atom is -0.395 e. The van der Waals surface area contributed by atoms with Gasteiger partial charge in [-0.1, -0.05) is 11.8 Å². The van der Waals surface area contributed by atoms with Crippen LogP contribution < -0.4 is 10.6 Å². The van der Waals surface area contributed by atoms with E-state index in [1.165, 1.54) is 11.8 Å². The third-order valence-electron chi connectivity index (χ3n) is 1.84. The van der Waals surface area contributed by atoms with Crippen LogP contribution in [0.25, 0.3) is 0 Å². The quantitative estimate of drug-likeness (QED) is 0.598. The lowest BCUT2D eigenvalue weighted by Crippen LogP contribution is -2.37. The molecule has 0 bridgehead atoms. The highest BCUT2D eigenvalue weighted by Gasteiger charge is 2.18. The lowest BCUT2D eigenvalue weighted by Gasteiger charge is -2.16. The molecule has 2 amide bonds. The van der Waals surface area contributed by atoms with Gasteiger partial charge in [0.05, 0.1) is 18.4 Å². The van der Waals surface area contributed by atoms with Crippen molar-refractivity contribution in [2.75, 3.05) is 18.9 Å². The van der Waals surface area contributed by atoms with Gasteiger partial charge in [0.15, 0.2) is 5.17 Å². The number of nitrogens with one attached hydrogen (secondary N) is 2. The van der Waals surface area contributed by atoms with Gasteiger partial charge in [-0.3, -0.25) is 14.6 Å². The molecule has 0 aliphatic carbocycles. The summed E-state index contributed by atoms with van der Waals surface area (Å²) in [5.41, 5.74) is 0. The van der Waals surface area contributed by atoms with E-state index in [1.54, 1.807) is 0 Å². The largest absolute Gasteiger partial charge is 0.395 e. The maximum absolute atomic E-state index is 11.2. The van der Waals surface area contributed by atoms with Crippen molar-refractivity contribution in [1.82, 2.24) is 10.6 Å². The van der Waals surface area contributed by atoms with Crippen molar-refractivity contribution in [1.29, 1.82) is 0 Å². The van der Waals surface area contributed by atoms with Crippen molar-refractivity contribution in [3.63, 3.8) is 0 Å². The molecule has 1 rings (SSSR count). The van der Waals surface area contributed by atoms with Crippen molar-refractivity contribution in [2.45, 2.75) is 19.4 Å². The van der Waals surface area contributed by atoms with Gasteiger partial charge in [0.25, 0.3) is 0 Å². The van der Waals surface area contributed by atoms with Gasteiger partial charge >= 0.3 is 0 Å². The van der Waals surface area contributed by atoms with Crippen molar-refractivity contribution >= 4 is 28.7 Å². The maximum atomic E-state index is 11.2. The smallest absolute Gasteiger partial charge is 0.230 e. The Balaban J connectivity index is 2.31. The summed E-state index contributed by atoms with van der Waals surface area (Å²) in [5, 5.41) is 14.1. The summed E-state index contributed by atoms with van der Waals surface area (Å²) in [6, 6.07) is -0.0308. The van der Waals surface area contributed by atoms with E-state index in [4.69, 9.17) is 5.11 Å². The van der Waals surface area contributed by atoms with E-state index in [0.29, 0.717) is 11.6 Å². The molecule has 7 heteroatoms. The normalized spacial score (nSPS) is 20.0. The monoisotopic (exact) mass is 245 g/mol. The number of aliphatic hydroxyl groups excluding tert-OH is 1. The molecule has 3 N–H and O–H groups in total. The summed E-state index contributed by atoms with van der Waals surface area (Å²) in [6.07, 6.45) is 0.390. The number of aliphatic imine (C=N–C) groups is 1. The van der Waals surface area contributed by atoms with E-state index in [1.807, 2.05) is 6.92 Å². The van der Waals surface area contributed by atoms with Gasteiger partial charge in [-0.25, -0.2) is 0 Å². The Bertz CT molecular complexity index is 306. The Kier molecular flexibility index (Phi) is 5.27. The van der Waals surface area contributed by atoms with Crippen LogP contribution in [0.4, 0.5) is 0 Å². The molecule has 1 atom stereocenters. The zero-order valence-corrected chi connectivity index (χ0v) is 9.84. The van der Waals surface area contributed by atoms with Gasteiger partial charge in [-0.05, 0) is 6.92 Å².